The van der Waals surface area contributed by atoms with Crippen molar-refractivity contribution < 1.29 is 4.79 Å². The minimum atomic E-state index is -0.0690. The summed E-state index contributed by atoms with van der Waals surface area (Å²) >= 11 is 7.28. The number of carbonyl (C=O) groups is 1. The Hall–Kier alpha value is -0.580. The van der Waals surface area contributed by atoms with Crippen LogP contribution in [0.4, 0.5) is 0 Å². The first-order valence-corrected chi connectivity index (χ1v) is 6.58. The molecular weight excluding hydrogens is 244 g/mol. The lowest BCUT2D eigenvalue weighted by molar-refractivity contribution is -0.125. The summed E-state index contributed by atoms with van der Waals surface area (Å²) < 4.78 is 0.744. The number of hydrogen-bond acceptors (Lipinski definition) is 3. The highest BCUT2D eigenvalue weighted by Gasteiger charge is 2.15. The maximum Gasteiger partial charge on any atom is 0.224 e. The number of hydrogen-bond donors (Lipinski definition) is 2. The monoisotopic (exact) mass is 260 g/mol. The van der Waals surface area contributed by atoms with Crippen LogP contribution in [0, 0.1) is 5.92 Å². The third-order valence-corrected chi connectivity index (χ3v) is 3.59. The molecule has 1 rings (SSSR count). The normalized spacial score (nSPS) is 12.4. The van der Waals surface area contributed by atoms with Crippen molar-refractivity contribution in [2.45, 2.75) is 26.3 Å². The van der Waals surface area contributed by atoms with Crippen molar-refractivity contribution in [3.63, 3.8) is 0 Å². The van der Waals surface area contributed by atoms with Gasteiger partial charge < -0.3 is 11.1 Å². The fourth-order valence-electron chi connectivity index (χ4n) is 1.47. The Balaban J connectivity index is 2.39. The summed E-state index contributed by atoms with van der Waals surface area (Å²) in [5.74, 6) is -0.0330. The molecule has 0 radical (unpaired) electrons. The van der Waals surface area contributed by atoms with Crippen molar-refractivity contribution in [3.8, 4) is 0 Å². The lowest BCUT2D eigenvalue weighted by Crippen LogP contribution is -2.34. The quantitative estimate of drug-likeness (QED) is 0.825. The van der Waals surface area contributed by atoms with Gasteiger partial charge in [-0.05, 0) is 18.6 Å². The van der Waals surface area contributed by atoms with E-state index >= 15 is 0 Å². The molecule has 0 aliphatic rings. The minimum absolute atomic E-state index is 0.0360. The number of amides is 1. The van der Waals surface area contributed by atoms with Crippen molar-refractivity contribution >= 4 is 28.8 Å². The Kier molecular flexibility index (Phi) is 5.80. The molecule has 0 aliphatic carbocycles. The molecule has 0 fully saturated rings. The van der Waals surface area contributed by atoms with E-state index in [0.29, 0.717) is 13.1 Å². The summed E-state index contributed by atoms with van der Waals surface area (Å²) in [6, 6.07) is 3.75. The van der Waals surface area contributed by atoms with E-state index in [9.17, 15) is 4.79 Å². The van der Waals surface area contributed by atoms with Crippen molar-refractivity contribution in [1.29, 1.82) is 0 Å². The fraction of sp³-hybridized carbons (Fsp3) is 0.545. The van der Waals surface area contributed by atoms with Crippen LogP contribution in [0.2, 0.25) is 4.34 Å². The second-order valence-electron chi connectivity index (χ2n) is 3.64. The number of rotatable bonds is 6. The summed E-state index contributed by atoms with van der Waals surface area (Å²) in [5.41, 5.74) is 5.55. The Labute approximate surface area is 105 Å². The predicted molar refractivity (Wildman–Crippen MR) is 68.6 cm³/mol. The van der Waals surface area contributed by atoms with Gasteiger partial charge in [-0.15, -0.1) is 11.3 Å². The largest absolute Gasteiger partial charge is 0.351 e. The van der Waals surface area contributed by atoms with E-state index in [0.717, 1.165) is 22.1 Å². The first-order chi connectivity index (χ1) is 7.67. The van der Waals surface area contributed by atoms with Gasteiger partial charge in [-0.25, -0.2) is 0 Å². The van der Waals surface area contributed by atoms with Crippen LogP contribution in [0.3, 0.4) is 0 Å². The standard InChI is InChI=1S/C11H17ClN2OS/c1-2-3-8(6-13)11(15)14-7-9-4-5-10(12)16-9/h4-5,8H,2-3,6-7,13H2,1H3,(H,14,15). The average molecular weight is 261 g/mol. The van der Waals surface area contributed by atoms with Crippen LogP contribution in [0.5, 0.6) is 0 Å². The molecule has 0 bridgehead atoms. The Morgan fingerprint density at radius 3 is 2.88 bits per heavy atom. The Morgan fingerprint density at radius 2 is 2.38 bits per heavy atom. The van der Waals surface area contributed by atoms with E-state index in [1.54, 1.807) is 0 Å². The van der Waals surface area contributed by atoms with E-state index in [1.165, 1.54) is 11.3 Å². The highest BCUT2D eigenvalue weighted by atomic mass is 35.5. The first-order valence-electron chi connectivity index (χ1n) is 5.39. The molecule has 1 atom stereocenters. The van der Waals surface area contributed by atoms with Gasteiger partial charge in [0, 0.05) is 11.4 Å². The highest BCUT2D eigenvalue weighted by Crippen LogP contribution is 2.21. The summed E-state index contributed by atoms with van der Waals surface area (Å²) in [7, 11) is 0. The molecule has 3 N–H and O–H groups in total. The van der Waals surface area contributed by atoms with Gasteiger partial charge >= 0.3 is 0 Å². The second-order valence-corrected chi connectivity index (χ2v) is 5.44. The van der Waals surface area contributed by atoms with Crippen LogP contribution < -0.4 is 11.1 Å². The van der Waals surface area contributed by atoms with Gasteiger partial charge in [-0.3, -0.25) is 4.79 Å². The molecule has 3 nitrogen and oxygen atoms in total. The third kappa shape index (κ3) is 4.12. The molecule has 0 saturated heterocycles. The fourth-order valence-corrected chi connectivity index (χ4v) is 2.50. The molecular formula is C11H17ClN2OS. The topological polar surface area (TPSA) is 55.1 Å². The molecule has 1 aromatic heterocycles. The number of thiophene rings is 1. The predicted octanol–water partition coefficient (Wildman–Crippen LogP) is 2.39. The molecule has 90 valence electrons. The van der Waals surface area contributed by atoms with Gasteiger partial charge in [-0.2, -0.15) is 0 Å². The minimum Gasteiger partial charge on any atom is -0.351 e. The van der Waals surface area contributed by atoms with Crippen molar-refractivity contribution in [2.75, 3.05) is 6.54 Å². The zero-order chi connectivity index (χ0) is 12.0. The third-order valence-electron chi connectivity index (χ3n) is 2.36. The average Bonchev–Trinajstić information content (AvgIpc) is 2.68. The summed E-state index contributed by atoms with van der Waals surface area (Å²) in [6.45, 7) is 3.00. The molecule has 0 saturated carbocycles. The van der Waals surface area contributed by atoms with Crippen LogP contribution in [-0.4, -0.2) is 12.5 Å². The Morgan fingerprint density at radius 1 is 1.62 bits per heavy atom. The van der Waals surface area contributed by atoms with Crippen molar-refractivity contribution in [1.82, 2.24) is 5.32 Å². The highest BCUT2D eigenvalue weighted by molar-refractivity contribution is 7.16. The van der Waals surface area contributed by atoms with Gasteiger partial charge in [0.1, 0.15) is 0 Å². The molecule has 16 heavy (non-hydrogen) atoms. The lowest BCUT2D eigenvalue weighted by atomic mass is 10.0. The van der Waals surface area contributed by atoms with Crippen LogP contribution in [0.1, 0.15) is 24.6 Å². The van der Waals surface area contributed by atoms with E-state index in [1.807, 2.05) is 12.1 Å². The molecule has 0 aliphatic heterocycles. The first kappa shape index (κ1) is 13.5. The van der Waals surface area contributed by atoms with E-state index in [-0.39, 0.29) is 11.8 Å². The number of carbonyl (C=O) groups excluding carboxylic acids is 1. The molecule has 0 spiro atoms. The number of nitrogens with two attached hydrogens (primary N) is 1. The smallest absolute Gasteiger partial charge is 0.224 e. The van der Waals surface area contributed by atoms with Gasteiger partial charge in [0.15, 0.2) is 0 Å². The SMILES string of the molecule is CCCC(CN)C(=O)NCc1ccc(Cl)s1. The van der Waals surface area contributed by atoms with Gasteiger partial charge in [0.2, 0.25) is 5.91 Å². The number of halogens is 1. The summed E-state index contributed by atoms with van der Waals surface area (Å²) in [6.07, 6.45) is 1.81. The van der Waals surface area contributed by atoms with Crippen LogP contribution >= 0.6 is 22.9 Å². The molecule has 1 heterocycles. The molecule has 5 heteroatoms. The van der Waals surface area contributed by atoms with E-state index < -0.39 is 0 Å². The summed E-state index contributed by atoms with van der Waals surface area (Å²) in [4.78, 5) is 12.8. The molecule has 1 unspecified atom stereocenters. The van der Waals surface area contributed by atoms with Gasteiger partial charge in [-0.1, -0.05) is 24.9 Å². The Bertz CT molecular complexity index is 340. The maximum atomic E-state index is 11.7. The zero-order valence-corrected chi connectivity index (χ0v) is 10.9. The molecule has 1 aromatic rings. The number of nitrogens with one attached hydrogen (secondary N) is 1. The van der Waals surface area contributed by atoms with E-state index in [2.05, 4.69) is 12.2 Å². The van der Waals surface area contributed by atoms with Gasteiger partial charge in [0.25, 0.3) is 0 Å². The van der Waals surface area contributed by atoms with Gasteiger partial charge in [0.05, 0.1) is 16.8 Å². The zero-order valence-electron chi connectivity index (χ0n) is 9.33. The van der Waals surface area contributed by atoms with Crippen molar-refractivity contribution in [2.24, 2.45) is 11.7 Å². The van der Waals surface area contributed by atoms with E-state index in [4.69, 9.17) is 17.3 Å². The second kappa shape index (κ2) is 6.89. The lowest BCUT2D eigenvalue weighted by Gasteiger charge is -2.13. The van der Waals surface area contributed by atoms with Crippen LogP contribution in [0.25, 0.3) is 0 Å². The van der Waals surface area contributed by atoms with Crippen LogP contribution in [0.15, 0.2) is 12.1 Å². The molecule has 0 aromatic carbocycles. The molecule has 1 amide bonds. The van der Waals surface area contributed by atoms with Crippen LogP contribution in [-0.2, 0) is 11.3 Å². The summed E-state index contributed by atoms with van der Waals surface area (Å²) in [5, 5.41) is 2.88. The maximum absolute atomic E-state index is 11.7. The van der Waals surface area contributed by atoms with Crippen molar-refractivity contribution in [3.05, 3.63) is 21.3 Å².